The summed E-state index contributed by atoms with van der Waals surface area (Å²) in [5, 5.41) is 0. The van der Waals surface area contributed by atoms with Crippen LogP contribution in [0.4, 0.5) is 10.1 Å². The molecule has 5 heteroatoms. The lowest BCUT2D eigenvalue weighted by Gasteiger charge is -2.26. The smallest absolute Gasteiger partial charge is 0.226 e. The number of hydrogen-bond donors (Lipinski definition) is 1. The van der Waals surface area contributed by atoms with Crippen molar-refractivity contribution in [1.29, 1.82) is 0 Å². The molecule has 0 aromatic heterocycles. The number of allylic oxidation sites excluding steroid dienone is 1. The first-order valence-electron chi connectivity index (χ1n) is 8.83. The Labute approximate surface area is 160 Å². The average Bonchev–Trinajstić information content (AvgIpc) is 2.64. The van der Waals surface area contributed by atoms with Crippen LogP contribution in [0.3, 0.4) is 0 Å². The Bertz CT molecular complexity index is 766. The fourth-order valence-electron chi connectivity index (χ4n) is 2.42. The van der Waals surface area contributed by atoms with Crippen molar-refractivity contribution in [1.82, 2.24) is 0 Å². The molecule has 0 aliphatic carbocycles. The number of benzene rings is 2. The SMILES string of the molecule is C[C](CN(CC=C(C)C)c1ccc(OCc2ccc(F)cc2)cc1)C(N)=O. The van der Waals surface area contributed by atoms with Gasteiger partial charge in [-0.1, -0.05) is 23.8 Å². The fraction of sp³-hybridized carbons (Fsp3) is 0.273. The summed E-state index contributed by atoms with van der Waals surface area (Å²) in [7, 11) is 0. The standard InChI is InChI=1S/C22H26FN2O2/c1-16(2)12-13-25(14-17(3)22(24)26)20-8-10-21(11-9-20)27-15-18-4-6-19(23)7-5-18/h4-12H,13-15H2,1-3H3,(H2,24,26). The largest absolute Gasteiger partial charge is 0.489 e. The van der Waals surface area contributed by atoms with Crippen molar-refractivity contribution in [3.05, 3.63) is 77.5 Å². The van der Waals surface area contributed by atoms with E-state index in [1.807, 2.05) is 38.1 Å². The van der Waals surface area contributed by atoms with Crippen LogP contribution in [-0.2, 0) is 11.4 Å². The zero-order chi connectivity index (χ0) is 19.8. The first-order valence-corrected chi connectivity index (χ1v) is 8.83. The molecule has 1 radical (unpaired) electrons. The van der Waals surface area contributed by atoms with Gasteiger partial charge < -0.3 is 15.4 Å². The maximum absolute atomic E-state index is 12.9. The molecule has 0 heterocycles. The van der Waals surface area contributed by atoms with E-state index in [4.69, 9.17) is 10.5 Å². The lowest BCUT2D eigenvalue weighted by molar-refractivity contribution is -0.116. The van der Waals surface area contributed by atoms with E-state index >= 15 is 0 Å². The molecule has 1 amide bonds. The number of ether oxygens (including phenoxy) is 1. The number of nitrogens with zero attached hydrogens (tertiary/aromatic N) is 1. The molecule has 0 bridgehead atoms. The van der Waals surface area contributed by atoms with E-state index in [0.29, 0.717) is 25.6 Å². The highest BCUT2D eigenvalue weighted by atomic mass is 19.1. The van der Waals surface area contributed by atoms with Crippen LogP contribution in [0.15, 0.2) is 60.2 Å². The number of halogens is 1. The van der Waals surface area contributed by atoms with Gasteiger partial charge in [-0.05, 0) is 62.7 Å². The molecule has 27 heavy (non-hydrogen) atoms. The molecule has 4 nitrogen and oxygen atoms in total. The first kappa shape index (κ1) is 20.5. The molecule has 143 valence electrons. The molecule has 2 rings (SSSR count). The van der Waals surface area contributed by atoms with Crippen LogP contribution in [0.25, 0.3) is 0 Å². The van der Waals surface area contributed by atoms with Gasteiger partial charge in [0.25, 0.3) is 0 Å². The molecule has 0 atom stereocenters. The van der Waals surface area contributed by atoms with Gasteiger partial charge >= 0.3 is 0 Å². The fourth-order valence-corrected chi connectivity index (χ4v) is 2.42. The van der Waals surface area contributed by atoms with Crippen LogP contribution in [0.5, 0.6) is 5.75 Å². The second kappa shape index (κ2) is 9.76. The molecule has 0 unspecified atom stereocenters. The Hall–Kier alpha value is -2.82. The predicted molar refractivity (Wildman–Crippen MR) is 107 cm³/mol. The summed E-state index contributed by atoms with van der Waals surface area (Å²) in [6, 6.07) is 13.9. The number of amides is 1. The van der Waals surface area contributed by atoms with Crippen LogP contribution < -0.4 is 15.4 Å². The molecule has 0 spiro atoms. The van der Waals surface area contributed by atoms with Gasteiger partial charge in [-0.2, -0.15) is 0 Å². The maximum Gasteiger partial charge on any atom is 0.226 e. The van der Waals surface area contributed by atoms with Gasteiger partial charge in [-0.25, -0.2) is 4.39 Å². The highest BCUT2D eigenvalue weighted by molar-refractivity contribution is 5.88. The molecule has 2 aromatic carbocycles. The van der Waals surface area contributed by atoms with E-state index in [9.17, 15) is 9.18 Å². The molecule has 0 saturated heterocycles. The Balaban J connectivity index is 2.04. The Morgan fingerprint density at radius 1 is 1.07 bits per heavy atom. The van der Waals surface area contributed by atoms with Crippen LogP contribution in [0, 0.1) is 11.7 Å². The number of anilines is 1. The number of carbonyl (C=O) groups excluding carboxylic acids is 1. The number of rotatable bonds is 9. The zero-order valence-corrected chi connectivity index (χ0v) is 16.0. The third-order valence-corrected chi connectivity index (χ3v) is 4.09. The van der Waals surface area contributed by atoms with Crippen molar-refractivity contribution in [2.24, 2.45) is 5.73 Å². The van der Waals surface area contributed by atoms with E-state index in [2.05, 4.69) is 11.0 Å². The molecular formula is C22H26FN2O2. The number of hydrogen-bond acceptors (Lipinski definition) is 3. The van der Waals surface area contributed by atoms with E-state index in [-0.39, 0.29) is 5.82 Å². The van der Waals surface area contributed by atoms with Crippen LogP contribution in [0.1, 0.15) is 26.3 Å². The second-order valence-electron chi connectivity index (χ2n) is 6.72. The molecule has 0 fully saturated rings. The lowest BCUT2D eigenvalue weighted by atomic mass is 10.1. The van der Waals surface area contributed by atoms with Crippen molar-refractivity contribution in [3.8, 4) is 5.75 Å². The Kier molecular flexibility index (Phi) is 7.41. The summed E-state index contributed by atoms with van der Waals surface area (Å²) < 4.78 is 18.7. The molecule has 0 aliphatic heterocycles. The summed E-state index contributed by atoms with van der Waals surface area (Å²) >= 11 is 0. The van der Waals surface area contributed by atoms with Crippen molar-refractivity contribution in [2.45, 2.75) is 27.4 Å². The number of primary amides is 1. The van der Waals surface area contributed by atoms with Crippen LogP contribution >= 0.6 is 0 Å². The highest BCUT2D eigenvalue weighted by Crippen LogP contribution is 2.22. The Morgan fingerprint density at radius 3 is 2.26 bits per heavy atom. The van der Waals surface area contributed by atoms with Crippen molar-refractivity contribution < 1.29 is 13.9 Å². The molecule has 2 N–H and O–H groups in total. The zero-order valence-electron chi connectivity index (χ0n) is 16.0. The third-order valence-electron chi connectivity index (χ3n) is 4.09. The quantitative estimate of drug-likeness (QED) is 0.672. The topological polar surface area (TPSA) is 55.6 Å². The summed E-state index contributed by atoms with van der Waals surface area (Å²) in [4.78, 5) is 13.5. The summed E-state index contributed by atoms with van der Waals surface area (Å²) in [6.45, 7) is 7.34. The minimum atomic E-state index is -0.392. The van der Waals surface area contributed by atoms with Crippen molar-refractivity contribution in [3.63, 3.8) is 0 Å². The predicted octanol–water partition coefficient (Wildman–Crippen LogP) is 4.26. The minimum Gasteiger partial charge on any atom is -0.489 e. The number of carbonyl (C=O) groups is 1. The van der Waals surface area contributed by atoms with E-state index in [1.165, 1.54) is 17.7 Å². The molecule has 2 aromatic rings. The first-order chi connectivity index (χ1) is 12.8. The van der Waals surface area contributed by atoms with Crippen molar-refractivity contribution in [2.75, 3.05) is 18.0 Å². The number of nitrogens with two attached hydrogens (primary N) is 1. The van der Waals surface area contributed by atoms with Gasteiger partial charge in [0.2, 0.25) is 5.91 Å². The molecule has 0 saturated carbocycles. The lowest BCUT2D eigenvalue weighted by Crippen LogP contribution is -2.33. The molecule has 0 aliphatic rings. The van der Waals surface area contributed by atoms with Crippen LogP contribution in [-0.4, -0.2) is 19.0 Å². The van der Waals surface area contributed by atoms with Gasteiger partial charge in [0.05, 0.1) is 5.92 Å². The minimum absolute atomic E-state index is 0.261. The Morgan fingerprint density at radius 2 is 1.70 bits per heavy atom. The summed E-state index contributed by atoms with van der Waals surface area (Å²) in [6.07, 6.45) is 2.10. The van der Waals surface area contributed by atoms with Crippen molar-refractivity contribution >= 4 is 11.6 Å². The van der Waals surface area contributed by atoms with E-state index in [0.717, 1.165) is 17.0 Å². The van der Waals surface area contributed by atoms with Gasteiger partial charge in [-0.3, -0.25) is 4.79 Å². The van der Waals surface area contributed by atoms with Crippen LogP contribution in [0.2, 0.25) is 0 Å². The highest BCUT2D eigenvalue weighted by Gasteiger charge is 2.15. The van der Waals surface area contributed by atoms with Gasteiger partial charge in [-0.15, -0.1) is 0 Å². The molecular weight excluding hydrogens is 343 g/mol. The third kappa shape index (κ3) is 6.77. The second-order valence-corrected chi connectivity index (χ2v) is 6.72. The summed E-state index contributed by atoms with van der Waals surface area (Å²) in [5.41, 5.74) is 8.46. The van der Waals surface area contributed by atoms with Gasteiger partial charge in [0.1, 0.15) is 18.2 Å². The summed E-state index contributed by atoms with van der Waals surface area (Å²) in [5.74, 6) is 0.675. The van der Waals surface area contributed by atoms with Gasteiger partial charge in [0, 0.05) is 18.8 Å². The monoisotopic (exact) mass is 369 g/mol. The normalized spacial score (nSPS) is 10.6. The van der Waals surface area contributed by atoms with E-state index in [1.54, 1.807) is 19.1 Å². The van der Waals surface area contributed by atoms with E-state index < -0.39 is 5.91 Å². The van der Waals surface area contributed by atoms with Gasteiger partial charge in [0.15, 0.2) is 0 Å². The maximum atomic E-state index is 12.9. The average molecular weight is 369 g/mol.